The first kappa shape index (κ1) is 10.5. The molecule has 5 nitrogen and oxygen atoms in total. The zero-order valence-electron chi connectivity index (χ0n) is 7.78. The van der Waals surface area contributed by atoms with Crippen molar-refractivity contribution in [2.75, 3.05) is 19.3 Å². The van der Waals surface area contributed by atoms with E-state index in [0.29, 0.717) is 19.5 Å². The van der Waals surface area contributed by atoms with Gasteiger partial charge in [0.15, 0.2) is 0 Å². The van der Waals surface area contributed by atoms with E-state index >= 15 is 0 Å². The van der Waals surface area contributed by atoms with Crippen LogP contribution in [0.1, 0.15) is 13.3 Å². The average molecular weight is 206 g/mol. The van der Waals surface area contributed by atoms with Crippen LogP contribution in [0.25, 0.3) is 0 Å². The van der Waals surface area contributed by atoms with Crippen LogP contribution in [0.4, 0.5) is 0 Å². The molecule has 1 amide bonds. The third-order valence-corrected chi connectivity index (χ3v) is 2.68. The molecule has 1 aliphatic heterocycles. The molecule has 1 aliphatic rings. The van der Waals surface area contributed by atoms with E-state index in [1.54, 1.807) is 11.8 Å². The van der Waals surface area contributed by atoms with Crippen LogP contribution >= 0.6 is 0 Å². The van der Waals surface area contributed by atoms with E-state index in [9.17, 15) is 13.2 Å². The van der Waals surface area contributed by atoms with Crippen LogP contribution in [0.15, 0.2) is 0 Å². The fourth-order valence-corrected chi connectivity index (χ4v) is 2.04. The summed E-state index contributed by atoms with van der Waals surface area (Å²) in [7, 11) is -3.13. The number of amides is 1. The van der Waals surface area contributed by atoms with Gasteiger partial charge in [-0.2, -0.15) is 0 Å². The Balaban J connectivity index is 2.30. The van der Waals surface area contributed by atoms with E-state index in [4.69, 9.17) is 0 Å². The van der Waals surface area contributed by atoms with E-state index < -0.39 is 10.0 Å². The minimum atomic E-state index is -3.13. The summed E-state index contributed by atoms with van der Waals surface area (Å²) in [6, 6.07) is -0.0921. The molecule has 0 bridgehead atoms. The largest absolute Gasteiger partial charge is 0.339 e. The fourth-order valence-electron chi connectivity index (χ4n) is 1.28. The Morgan fingerprint density at radius 1 is 1.54 bits per heavy atom. The van der Waals surface area contributed by atoms with Gasteiger partial charge >= 0.3 is 0 Å². The third kappa shape index (κ3) is 2.96. The highest BCUT2D eigenvalue weighted by Gasteiger charge is 2.31. The Kier molecular flexibility index (Phi) is 2.92. The van der Waals surface area contributed by atoms with E-state index in [1.807, 2.05) is 0 Å². The van der Waals surface area contributed by atoms with Crippen LogP contribution in [-0.4, -0.2) is 44.6 Å². The van der Waals surface area contributed by atoms with Crippen molar-refractivity contribution in [1.82, 2.24) is 9.62 Å². The van der Waals surface area contributed by atoms with Gasteiger partial charge < -0.3 is 4.90 Å². The molecule has 1 fully saturated rings. The van der Waals surface area contributed by atoms with Crippen molar-refractivity contribution in [2.45, 2.75) is 19.4 Å². The predicted octanol–water partition coefficient (Wildman–Crippen LogP) is -0.844. The molecule has 1 heterocycles. The molecule has 0 spiro atoms. The highest BCUT2D eigenvalue weighted by atomic mass is 32.2. The summed E-state index contributed by atoms with van der Waals surface area (Å²) in [4.78, 5) is 12.7. The van der Waals surface area contributed by atoms with Gasteiger partial charge in [-0.05, 0) is 0 Å². The molecule has 0 aromatic heterocycles. The summed E-state index contributed by atoms with van der Waals surface area (Å²) in [5.41, 5.74) is 0. The number of likely N-dealkylation sites (tertiary alicyclic amines) is 1. The van der Waals surface area contributed by atoms with Crippen LogP contribution < -0.4 is 4.72 Å². The smallest absolute Gasteiger partial charge is 0.222 e. The molecule has 6 heteroatoms. The maximum atomic E-state index is 11.1. The van der Waals surface area contributed by atoms with Gasteiger partial charge in [0, 0.05) is 19.5 Å². The zero-order valence-corrected chi connectivity index (χ0v) is 8.60. The van der Waals surface area contributed by atoms with Crippen molar-refractivity contribution in [3.05, 3.63) is 0 Å². The molecule has 1 rings (SSSR count). The van der Waals surface area contributed by atoms with Crippen LogP contribution in [0, 0.1) is 0 Å². The van der Waals surface area contributed by atoms with Gasteiger partial charge in [0.2, 0.25) is 15.9 Å². The molecule has 0 aromatic carbocycles. The molecule has 1 saturated heterocycles. The lowest BCUT2D eigenvalue weighted by Crippen LogP contribution is -2.60. The first-order chi connectivity index (χ1) is 5.92. The highest BCUT2D eigenvalue weighted by molar-refractivity contribution is 7.88. The van der Waals surface area contributed by atoms with Crippen molar-refractivity contribution in [2.24, 2.45) is 0 Å². The first-order valence-electron chi connectivity index (χ1n) is 4.17. The zero-order chi connectivity index (χ0) is 10.1. The fraction of sp³-hybridized carbons (Fsp3) is 0.857. The topological polar surface area (TPSA) is 66.5 Å². The maximum absolute atomic E-state index is 11.1. The Bertz CT molecular complexity index is 293. The number of carbonyl (C=O) groups is 1. The van der Waals surface area contributed by atoms with Crippen molar-refractivity contribution >= 4 is 15.9 Å². The van der Waals surface area contributed by atoms with Gasteiger partial charge in [-0.25, -0.2) is 13.1 Å². The van der Waals surface area contributed by atoms with Crippen LogP contribution in [0.2, 0.25) is 0 Å². The van der Waals surface area contributed by atoms with Gasteiger partial charge in [-0.1, -0.05) is 6.92 Å². The van der Waals surface area contributed by atoms with Crippen LogP contribution in [0.3, 0.4) is 0 Å². The molecule has 76 valence electrons. The highest BCUT2D eigenvalue weighted by Crippen LogP contribution is 2.09. The Morgan fingerprint density at radius 2 is 2.08 bits per heavy atom. The molecule has 0 atom stereocenters. The third-order valence-electron chi connectivity index (χ3n) is 1.92. The lowest BCUT2D eigenvalue weighted by atomic mass is 10.1. The number of rotatable bonds is 3. The lowest BCUT2D eigenvalue weighted by Gasteiger charge is -2.38. The number of hydrogen-bond acceptors (Lipinski definition) is 3. The molecular weight excluding hydrogens is 192 g/mol. The first-order valence-corrected chi connectivity index (χ1v) is 6.06. The number of nitrogens with zero attached hydrogens (tertiary/aromatic N) is 1. The summed E-state index contributed by atoms with van der Waals surface area (Å²) < 4.78 is 24.0. The summed E-state index contributed by atoms with van der Waals surface area (Å²) in [5.74, 6) is 0.0755. The SMILES string of the molecule is CCC(=O)N1CC(NS(C)(=O)=O)C1. The van der Waals surface area contributed by atoms with Gasteiger partial charge in [-0.15, -0.1) is 0 Å². The van der Waals surface area contributed by atoms with Gasteiger partial charge in [0.25, 0.3) is 0 Å². The summed E-state index contributed by atoms with van der Waals surface area (Å²) in [6.45, 7) is 2.79. The second-order valence-electron chi connectivity index (χ2n) is 3.24. The molecule has 0 aliphatic carbocycles. The molecule has 13 heavy (non-hydrogen) atoms. The second kappa shape index (κ2) is 3.63. The molecule has 0 aromatic rings. The quantitative estimate of drug-likeness (QED) is 0.654. The summed E-state index contributed by atoms with van der Waals surface area (Å²) >= 11 is 0. The van der Waals surface area contributed by atoms with Gasteiger partial charge in [0.05, 0.1) is 12.3 Å². The lowest BCUT2D eigenvalue weighted by molar-refractivity contribution is -0.135. The van der Waals surface area contributed by atoms with Gasteiger partial charge in [-0.3, -0.25) is 4.79 Å². The summed E-state index contributed by atoms with van der Waals surface area (Å²) in [5, 5.41) is 0. The monoisotopic (exact) mass is 206 g/mol. The average Bonchev–Trinajstić information content (AvgIpc) is 1.92. The minimum Gasteiger partial charge on any atom is -0.339 e. The number of carbonyl (C=O) groups excluding carboxylic acids is 1. The second-order valence-corrected chi connectivity index (χ2v) is 5.02. The number of sulfonamides is 1. The van der Waals surface area contributed by atoms with Crippen LogP contribution in [0.5, 0.6) is 0 Å². The normalized spacial score (nSPS) is 18.5. The van der Waals surface area contributed by atoms with Crippen molar-refractivity contribution in [3.8, 4) is 0 Å². The van der Waals surface area contributed by atoms with E-state index in [1.165, 1.54) is 0 Å². The summed E-state index contributed by atoms with van der Waals surface area (Å²) in [6.07, 6.45) is 1.60. The number of hydrogen-bond donors (Lipinski definition) is 1. The predicted molar refractivity (Wildman–Crippen MR) is 48.6 cm³/mol. The Labute approximate surface area is 78.2 Å². The van der Waals surface area contributed by atoms with E-state index in [2.05, 4.69) is 4.72 Å². The number of nitrogens with one attached hydrogen (secondary N) is 1. The van der Waals surface area contributed by atoms with Crippen molar-refractivity contribution in [3.63, 3.8) is 0 Å². The molecule has 0 radical (unpaired) electrons. The molecule has 0 unspecified atom stereocenters. The molecule has 1 N–H and O–H groups in total. The standard InChI is InChI=1S/C7H14N2O3S/c1-3-7(10)9-4-6(5-9)8-13(2,11)12/h6,8H,3-5H2,1-2H3. The van der Waals surface area contributed by atoms with Crippen molar-refractivity contribution < 1.29 is 13.2 Å². The van der Waals surface area contributed by atoms with Gasteiger partial charge in [0.1, 0.15) is 0 Å². The Morgan fingerprint density at radius 3 is 2.46 bits per heavy atom. The van der Waals surface area contributed by atoms with Crippen LogP contribution in [-0.2, 0) is 14.8 Å². The van der Waals surface area contributed by atoms with E-state index in [-0.39, 0.29) is 11.9 Å². The minimum absolute atomic E-state index is 0.0755. The molecular formula is C7H14N2O3S. The van der Waals surface area contributed by atoms with Crippen molar-refractivity contribution in [1.29, 1.82) is 0 Å². The Hall–Kier alpha value is -0.620. The maximum Gasteiger partial charge on any atom is 0.222 e. The molecule has 0 saturated carbocycles. The van der Waals surface area contributed by atoms with E-state index in [0.717, 1.165) is 6.26 Å².